The Bertz CT molecular complexity index is 802. The molecule has 2 aromatic rings. The molecule has 162 valence electrons. The molecule has 0 saturated heterocycles. The minimum Gasteiger partial charge on any atom is -0.345 e. The maximum Gasteiger partial charge on any atom is 0.292 e. The number of hydrogen-bond acceptors (Lipinski definition) is 6. The van der Waals surface area contributed by atoms with Crippen molar-refractivity contribution < 1.29 is 19.3 Å². The number of carbonyl (C=O) groups is 2. The Kier molecular flexibility index (Phi) is 8.38. The minimum absolute atomic E-state index is 0.0361. The van der Waals surface area contributed by atoms with Crippen molar-refractivity contribution in [2.24, 2.45) is 5.92 Å². The number of carbonyl (C=O) groups excluding carboxylic acids is 2. The molecule has 30 heavy (non-hydrogen) atoms. The second-order valence-corrected chi connectivity index (χ2v) is 8.00. The van der Waals surface area contributed by atoms with Gasteiger partial charge in [0, 0.05) is 18.9 Å². The molecule has 0 bridgehead atoms. The first kappa shape index (κ1) is 22.0. The maximum absolute atomic E-state index is 12.3. The molecule has 1 aromatic heterocycles. The van der Waals surface area contributed by atoms with Gasteiger partial charge in [-0.1, -0.05) is 80.4 Å². The summed E-state index contributed by atoms with van der Waals surface area (Å²) in [5.74, 6) is -0.320. The van der Waals surface area contributed by atoms with Crippen molar-refractivity contribution >= 4 is 11.8 Å². The van der Waals surface area contributed by atoms with E-state index in [1.165, 1.54) is 32.1 Å². The molecule has 2 amide bonds. The lowest BCUT2D eigenvalue weighted by Gasteiger charge is -2.22. The van der Waals surface area contributed by atoms with Crippen molar-refractivity contribution in [1.82, 2.24) is 20.9 Å². The van der Waals surface area contributed by atoms with E-state index < -0.39 is 11.8 Å². The molecule has 0 spiro atoms. The summed E-state index contributed by atoms with van der Waals surface area (Å²) in [6.45, 7) is 0.362. The summed E-state index contributed by atoms with van der Waals surface area (Å²) >= 11 is 0. The second-order valence-electron chi connectivity index (χ2n) is 8.00. The van der Waals surface area contributed by atoms with Gasteiger partial charge in [0.05, 0.1) is 0 Å². The van der Waals surface area contributed by atoms with Gasteiger partial charge in [-0.3, -0.25) is 14.8 Å². The van der Waals surface area contributed by atoms with Crippen LogP contribution in [0.2, 0.25) is 0 Å². The number of nitrogens with one attached hydrogen (secondary N) is 2. The van der Waals surface area contributed by atoms with Gasteiger partial charge in [-0.15, -0.1) is 0 Å². The molecule has 0 aliphatic heterocycles. The van der Waals surface area contributed by atoms with Crippen LogP contribution < -0.4 is 10.8 Å². The fourth-order valence-corrected chi connectivity index (χ4v) is 4.06. The van der Waals surface area contributed by atoms with Gasteiger partial charge in [0.15, 0.2) is 0 Å². The molecule has 1 aliphatic carbocycles. The summed E-state index contributed by atoms with van der Waals surface area (Å²) in [6.07, 6.45) is 9.24. The molecule has 3 rings (SSSR count). The summed E-state index contributed by atoms with van der Waals surface area (Å²) in [5, 5.41) is 15.5. The molecule has 1 atom stereocenters. The van der Waals surface area contributed by atoms with Crippen LogP contribution in [-0.4, -0.2) is 27.2 Å². The van der Waals surface area contributed by atoms with Gasteiger partial charge in [-0.2, -0.15) is 4.98 Å². The summed E-state index contributed by atoms with van der Waals surface area (Å²) in [7, 11) is 0. The zero-order chi connectivity index (χ0) is 21.2. The highest BCUT2D eigenvalue weighted by Gasteiger charge is 2.25. The first-order valence-corrected chi connectivity index (χ1v) is 10.7. The number of hydroxylamine groups is 1. The molecule has 1 fully saturated rings. The van der Waals surface area contributed by atoms with Crippen LogP contribution >= 0.6 is 0 Å². The third-order valence-corrected chi connectivity index (χ3v) is 5.74. The van der Waals surface area contributed by atoms with E-state index in [0.717, 1.165) is 24.3 Å². The van der Waals surface area contributed by atoms with Gasteiger partial charge >= 0.3 is 0 Å². The Hall–Kier alpha value is -2.74. The molecule has 1 aliphatic rings. The first-order chi connectivity index (χ1) is 14.7. The lowest BCUT2D eigenvalue weighted by Crippen LogP contribution is -2.24. The predicted molar refractivity (Wildman–Crippen MR) is 110 cm³/mol. The van der Waals surface area contributed by atoms with E-state index in [0.29, 0.717) is 13.0 Å². The summed E-state index contributed by atoms with van der Waals surface area (Å²) < 4.78 is 5.30. The van der Waals surface area contributed by atoms with Gasteiger partial charge in [0.25, 0.3) is 11.7 Å². The molecule has 8 nitrogen and oxygen atoms in total. The number of amides is 2. The number of benzene rings is 1. The number of hydrogen-bond donors (Lipinski definition) is 3. The lowest BCUT2D eigenvalue weighted by molar-refractivity contribution is -0.129. The van der Waals surface area contributed by atoms with E-state index in [4.69, 9.17) is 9.73 Å². The van der Waals surface area contributed by atoms with Crippen molar-refractivity contribution in [3.8, 4) is 0 Å². The lowest BCUT2D eigenvalue weighted by atomic mass is 9.84. The largest absolute Gasteiger partial charge is 0.345 e. The monoisotopic (exact) mass is 414 g/mol. The highest BCUT2D eigenvalue weighted by molar-refractivity contribution is 5.90. The van der Waals surface area contributed by atoms with Crippen molar-refractivity contribution in [2.45, 2.75) is 70.3 Å². The summed E-state index contributed by atoms with van der Waals surface area (Å²) in [5.41, 5.74) is 2.63. The van der Waals surface area contributed by atoms with Gasteiger partial charge in [0.2, 0.25) is 11.8 Å². The van der Waals surface area contributed by atoms with E-state index in [1.807, 2.05) is 30.3 Å². The quantitative estimate of drug-likeness (QED) is 0.403. The molecule has 1 saturated carbocycles. The SMILES string of the molecule is O=C(C[C@H](CCCC1CCCCC1)c1nc(C(=O)NCc2ccccc2)no1)NO. The molecular weight excluding hydrogens is 384 g/mol. The van der Waals surface area contributed by atoms with Crippen LogP contribution in [0.4, 0.5) is 0 Å². The van der Waals surface area contributed by atoms with Gasteiger partial charge in [-0.05, 0) is 17.9 Å². The first-order valence-electron chi connectivity index (χ1n) is 10.7. The van der Waals surface area contributed by atoms with Crippen LogP contribution in [0, 0.1) is 5.92 Å². The zero-order valence-corrected chi connectivity index (χ0v) is 17.2. The van der Waals surface area contributed by atoms with E-state index in [1.54, 1.807) is 5.48 Å². The van der Waals surface area contributed by atoms with Crippen LogP contribution in [0.5, 0.6) is 0 Å². The maximum atomic E-state index is 12.3. The summed E-state index contributed by atoms with van der Waals surface area (Å²) in [4.78, 5) is 28.3. The van der Waals surface area contributed by atoms with Crippen molar-refractivity contribution in [1.29, 1.82) is 0 Å². The summed E-state index contributed by atoms with van der Waals surface area (Å²) in [6, 6.07) is 9.54. The highest BCUT2D eigenvalue weighted by Crippen LogP contribution is 2.31. The highest BCUT2D eigenvalue weighted by atomic mass is 16.5. The Labute approximate surface area is 176 Å². The minimum atomic E-state index is -0.508. The van der Waals surface area contributed by atoms with Crippen LogP contribution in [0.25, 0.3) is 0 Å². The van der Waals surface area contributed by atoms with E-state index in [-0.39, 0.29) is 24.1 Å². The number of nitrogens with zero attached hydrogens (tertiary/aromatic N) is 2. The second kappa shape index (κ2) is 11.4. The smallest absolute Gasteiger partial charge is 0.292 e. The van der Waals surface area contributed by atoms with Gasteiger partial charge < -0.3 is 9.84 Å². The Morgan fingerprint density at radius 3 is 2.67 bits per heavy atom. The zero-order valence-electron chi connectivity index (χ0n) is 17.2. The third kappa shape index (κ3) is 6.66. The van der Waals surface area contributed by atoms with Gasteiger partial charge in [0.1, 0.15) is 0 Å². The van der Waals surface area contributed by atoms with E-state index in [2.05, 4.69) is 15.5 Å². The van der Waals surface area contributed by atoms with Crippen molar-refractivity contribution in [3.05, 3.63) is 47.6 Å². The third-order valence-electron chi connectivity index (χ3n) is 5.74. The molecule has 1 heterocycles. The van der Waals surface area contributed by atoms with E-state index >= 15 is 0 Å². The average molecular weight is 415 g/mol. The van der Waals surface area contributed by atoms with Crippen LogP contribution in [0.15, 0.2) is 34.9 Å². The number of aromatic nitrogens is 2. The Balaban J connectivity index is 1.56. The average Bonchev–Trinajstić information content (AvgIpc) is 3.28. The molecule has 0 radical (unpaired) electrons. The molecule has 8 heteroatoms. The molecule has 0 unspecified atom stereocenters. The predicted octanol–water partition coefficient (Wildman–Crippen LogP) is 3.73. The fraction of sp³-hybridized carbons (Fsp3) is 0.545. The van der Waals surface area contributed by atoms with Gasteiger partial charge in [-0.25, -0.2) is 5.48 Å². The molecule has 1 aromatic carbocycles. The van der Waals surface area contributed by atoms with E-state index in [9.17, 15) is 9.59 Å². The van der Waals surface area contributed by atoms with Crippen molar-refractivity contribution in [3.63, 3.8) is 0 Å². The normalized spacial score (nSPS) is 15.5. The van der Waals surface area contributed by atoms with Crippen LogP contribution in [-0.2, 0) is 11.3 Å². The topological polar surface area (TPSA) is 117 Å². The Morgan fingerprint density at radius 2 is 1.93 bits per heavy atom. The fourth-order valence-electron chi connectivity index (χ4n) is 4.06. The van der Waals surface area contributed by atoms with Crippen LogP contribution in [0.3, 0.4) is 0 Å². The number of rotatable bonds is 10. The van der Waals surface area contributed by atoms with Crippen LogP contribution in [0.1, 0.15) is 85.8 Å². The molecular formula is C22H30N4O4. The Morgan fingerprint density at radius 1 is 1.17 bits per heavy atom. The molecule has 3 N–H and O–H groups in total. The standard InChI is InChI=1S/C22H30N4O4/c27-19(25-29)14-18(13-7-12-16-8-3-1-4-9-16)22-24-20(26-30-22)21(28)23-15-17-10-5-2-6-11-17/h2,5-6,10-11,16,18,29H,1,3-4,7-9,12-15H2,(H,23,28)(H,25,27)/t18-/m0/s1. The van der Waals surface area contributed by atoms with Crippen molar-refractivity contribution in [2.75, 3.05) is 0 Å².